The highest BCUT2D eigenvalue weighted by atomic mass is 16.6. The summed E-state index contributed by atoms with van der Waals surface area (Å²) in [6.07, 6.45) is 12.0. The molecule has 0 spiro atoms. The summed E-state index contributed by atoms with van der Waals surface area (Å²) >= 11 is 0. The van der Waals surface area contributed by atoms with E-state index in [0.29, 0.717) is 0 Å². The Morgan fingerprint density at radius 2 is 0.955 bits per heavy atom. The lowest BCUT2D eigenvalue weighted by Crippen LogP contribution is -2.55. The lowest BCUT2D eigenvalue weighted by atomic mass is 9.67. The first-order chi connectivity index (χ1) is 20.8. The quantitative estimate of drug-likeness (QED) is 0.141. The van der Waals surface area contributed by atoms with Crippen LogP contribution in [0.25, 0.3) is 0 Å². The summed E-state index contributed by atoms with van der Waals surface area (Å²) in [4.78, 5) is 50.1. The summed E-state index contributed by atoms with van der Waals surface area (Å²) < 4.78 is 21.7. The van der Waals surface area contributed by atoms with Gasteiger partial charge in [-0.25, -0.2) is 19.2 Å². The van der Waals surface area contributed by atoms with Crippen molar-refractivity contribution in [1.29, 1.82) is 0 Å². The van der Waals surface area contributed by atoms with E-state index in [0.717, 1.165) is 89.9 Å². The molecule has 0 aromatic heterocycles. The maximum atomic E-state index is 12.7. The minimum absolute atomic E-state index is 0.0881. The molecular weight excluding hydrogens is 564 g/mol. The molecule has 3 rings (SSSR count). The zero-order chi connectivity index (χ0) is 32.3. The first-order valence-electron chi connectivity index (χ1n) is 16.4. The van der Waals surface area contributed by atoms with Gasteiger partial charge in [0, 0.05) is 11.1 Å². The van der Waals surface area contributed by atoms with Crippen LogP contribution in [0, 0.1) is 11.8 Å². The van der Waals surface area contributed by atoms with Gasteiger partial charge in [0.15, 0.2) is 0 Å². The highest BCUT2D eigenvalue weighted by Gasteiger charge is 2.41. The number of hydrogen-bond donors (Lipinski definition) is 2. The fourth-order valence-electron chi connectivity index (χ4n) is 6.56. The van der Waals surface area contributed by atoms with Crippen LogP contribution in [0.3, 0.4) is 0 Å². The summed E-state index contributed by atoms with van der Waals surface area (Å²) in [5.41, 5.74) is -0.948. The van der Waals surface area contributed by atoms with Gasteiger partial charge in [-0.15, -0.1) is 0 Å². The van der Waals surface area contributed by atoms with Crippen LogP contribution in [0.15, 0.2) is 24.3 Å². The van der Waals surface area contributed by atoms with Crippen molar-refractivity contribution in [3.05, 3.63) is 24.3 Å². The maximum absolute atomic E-state index is 12.7. The van der Waals surface area contributed by atoms with E-state index in [-0.39, 0.29) is 48.4 Å². The van der Waals surface area contributed by atoms with E-state index in [1.165, 1.54) is 0 Å². The summed E-state index contributed by atoms with van der Waals surface area (Å²) in [5.74, 6) is -0.786. The van der Waals surface area contributed by atoms with Crippen LogP contribution in [0.4, 0.5) is 9.59 Å². The van der Waals surface area contributed by atoms with E-state index < -0.39 is 35.2 Å². The van der Waals surface area contributed by atoms with E-state index >= 15 is 0 Å². The number of hydrogen-bond acceptors (Lipinski definition) is 8. The lowest BCUT2D eigenvalue weighted by Gasteiger charge is -2.45. The zero-order valence-corrected chi connectivity index (χ0v) is 27.3. The van der Waals surface area contributed by atoms with Crippen molar-refractivity contribution in [1.82, 2.24) is 10.6 Å². The second kappa shape index (κ2) is 16.3. The van der Waals surface area contributed by atoms with Crippen molar-refractivity contribution in [2.75, 3.05) is 13.2 Å². The molecule has 0 heterocycles. The number of alkyl carbamates (subject to hydrolysis) is 2. The van der Waals surface area contributed by atoms with Crippen LogP contribution >= 0.6 is 0 Å². The van der Waals surface area contributed by atoms with Gasteiger partial charge in [0.25, 0.3) is 0 Å². The average Bonchev–Trinajstić information content (AvgIpc) is 2.99. The van der Waals surface area contributed by atoms with Gasteiger partial charge >= 0.3 is 24.1 Å². The molecule has 3 aliphatic carbocycles. The van der Waals surface area contributed by atoms with Crippen LogP contribution in [0.5, 0.6) is 0 Å². The highest BCUT2D eigenvalue weighted by Crippen LogP contribution is 2.40. The largest absolute Gasteiger partial charge is 0.459 e. The van der Waals surface area contributed by atoms with E-state index in [2.05, 4.69) is 23.8 Å². The number of carbonyl (C=O) groups excluding carboxylic acids is 4. The van der Waals surface area contributed by atoms with E-state index in [1.54, 1.807) is 0 Å². The Hall–Kier alpha value is -3.04. The van der Waals surface area contributed by atoms with Gasteiger partial charge in [0.1, 0.15) is 25.4 Å². The Kier molecular flexibility index (Phi) is 13.1. The van der Waals surface area contributed by atoms with Crippen LogP contribution in [-0.2, 0) is 28.5 Å². The van der Waals surface area contributed by atoms with Crippen molar-refractivity contribution >= 4 is 24.1 Å². The molecule has 248 valence electrons. The van der Waals surface area contributed by atoms with Gasteiger partial charge in [0.05, 0.1) is 11.1 Å². The number of nitrogens with one attached hydrogen (secondary N) is 2. The average molecular weight is 619 g/mol. The van der Waals surface area contributed by atoms with Gasteiger partial charge in [-0.2, -0.15) is 0 Å². The molecule has 0 radical (unpaired) electrons. The molecule has 2 atom stereocenters. The second-order valence-corrected chi connectivity index (χ2v) is 13.9. The molecule has 10 nitrogen and oxygen atoms in total. The van der Waals surface area contributed by atoms with Crippen molar-refractivity contribution in [2.24, 2.45) is 11.8 Å². The third-order valence-electron chi connectivity index (χ3n) is 9.55. The number of ether oxygens (including phenoxy) is 4. The fourth-order valence-corrected chi connectivity index (χ4v) is 6.56. The monoisotopic (exact) mass is 618 g/mol. The Morgan fingerprint density at radius 1 is 0.591 bits per heavy atom. The van der Waals surface area contributed by atoms with Crippen molar-refractivity contribution in [3.8, 4) is 0 Å². The van der Waals surface area contributed by atoms with Gasteiger partial charge < -0.3 is 29.6 Å². The third kappa shape index (κ3) is 11.1. The Morgan fingerprint density at radius 3 is 1.32 bits per heavy atom. The second-order valence-electron chi connectivity index (χ2n) is 13.9. The Balaban J connectivity index is 1.41. The van der Waals surface area contributed by atoms with Crippen LogP contribution in [0.2, 0.25) is 0 Å². The molecule has 0 aromatic rings. The number of rotatable bonds is 12. The normalized spacial score (nSPS) is 21.8. The summed E-state index contributed by atoms with van der Waals surface area (Å²) in [7, 11) is 0. The molecule has 0 aliphatic heterocycles. The van der Waals surface area contributed by atoms with Crippen molar-refractivity contribution in [3.63, 3.8) is 0 Å². The molecule has 0 aromatic carbocycles. The first-order valence-corrected chi connectivity index (χ1v) is 16.4. The fraction of sp³-hybridized carbons (Fsp3) is 0.765. The first kappa shape index (κ1) is 35.4. The summed E-state index contributed by atoms with van der Waals surface area (Å²) in [6.45, 7) is 14.9. The molecule has 3 saturated carbocycles. The molecule has 3 aliphatic rings. The number of amides is 2. The van der Waals surface area contributed by atoms with Crippen molar-refractivity contribution in [2.45, 2.75) is 141 Å². The van der Waals surface area contributed by atoms with Crippen LogP contribution in [-0.4, -0.2) is 60.6 Å². The Labute approximate surface area is 263 Å². The van der Waals surface area contributed by atoms with Crippen LogP contribution < -0.4 is 10.6 Å². The third-order valence-corrected chi connectivity index (χ3v) is 9.55. The molecule has 0 saturated heterocycles. The van der Waals surface area contributed by atoms with Crippen molar-refractivity contribution < 1.29 is 38.1 Å². The van der Waals surface area contributed by atoms with Gasteiger partial charge in [-0.1, -0.05) is 32.4 Å². The van der Waals surface area contributed by atoms with E-state index in [4.69, 9.17) is 18.9 Å². The molecule has 2 unspecified atom stereocenters. The molecule has 2 amide bonds. The van der Waals surface area contributed by atoms with Crippen LogP contribution in [0.1, 0.15) is 118 Å². The van der Waals surface area contributed by atoms with Gasteiger partial charge in [-0.05, 0) is 110 Å². The number of carbonyl (C=O) groups is 4. The molecule has 10 heteroatoms. The maximum Gasteiger partial charge on any atom is 0.407 e. The highest BCUT2D eigenvalue weighted by molar-refractivity contribution is 5.89. The SMILES string of the molecule is C=C(COC(=O)NC(C)(C)C1CCCC(C(C)(C)NC(=O)OCC(=C)C(=O)OC2CCCCC2)C1)C(=O)OC1CCCCC1. The minimum Gasteiger partial charge on any atom is -0.459 e. The molecular formula is C34H54N2O8. The number of esters is 2. The molecule has 0 bridgehead atoms. The van der Waals surface area contributed by atoms with Gasteiger partial charge in [-0.3, -0.25) is 0 Å². The molecule has 3 fully saturated rings. The van der Waals surface area contributed by atoms with Gasteiger partial charge in [0.2, 0.25) is 0 Å². The predicted octanol–water partition coefficient (Wildman–Crippen LogP) is 6.67. The Bertz CT molecular complexity index is 960. The summed E-state index contributed by atoms with van der Waals surface area (Å²) in [5, 5.41) is 5.93. The molecule has 2 N–H and O–H groups in total. The standard InChI is InChI=1S/C34H54N2O8/c1-23(29(37)43-27-16-9-7-10-17-27)21-41-31(39)35-33(3,4)25-14-13-15-26(20-25)34(5,6)36-32(40)42-22-24(2)30(38)44-28-18-11-8-12-19-28/h25-28H,1-2,7-22H2,3-6H3,(H,35,39)(H,36,40). The smallest absolute Gasteiger partial charge is 0.407 e. The zero-order valence-electron chi connectivity index (χ0n) is 27.3. The van der Waals surface area contributed by atoms with E-state index in [1.807, 2.05) is 27.7 Å². The summed E-state index contributed by atoms with van der Waals surface area (Å²) in [6, 6.07) is 0. The lowest BCUT2D eigenvalue weighted by molar-refractivity contribution is -0.147. The minimum atomic E-state index is -0.619. The predicted molar refractivity (Wildman–Crippen MR) is 167 cm³/mol. The van der Waals surface area contributed by atoms with E-state index in [9.17, 15) is 19.2 Å². The topological polar surface area (TPSA) is 129 Å². The molecule has 44 heavy (non-hydrogen) atoms.